The molecule has 2 heterocycles. The van der Waals surface area contributed by atoms with Crippen LogP contribution in [-0.2, 0) is 0 Å². The standard InChI is InChI=1S/C11H11N3O3/c15-7-1-5(2-7)9-13-8-3-6(11(16)17)4-12-10(8)14-9/h3-5,7,15H,1-2H2,(H,16,17)(H,12,13,14). The Hall–Kier alpha value is -1.95. The molecular weight excluding hydrogens is 222 g/mol. The van der Waals surface area contributed by atoms with Gasteiger partial charge in [0.15, 0.2) is 5.65 Å². The summed E-state index contributed by atoms with van der Waals surface area (Å²) in [5.41, 5.74) is 1.29. The zero-order valence-electron chi connectivity index (χ0n) is 8.92. The zero-order chi connectivity index (χ0) is 12.0. The Bertz CT molecular complexity index is 587. The molecule has 6 heteroatoms. The van der Waals surface area contributed by atoms with E-state index in [-0.39, 0.29) is 17.6 Å². The number of imidazole rings is 1. The van der Waals surface area contributed by atoms with Crippen LogP contribution in [-0.4, -0.2) is 37.2 Å². The van der Waals surface area contributed by atoms with Gasteiger partial charge in [0.05, 0.1) is 17.2 Å². The minimum Gasteiger partial charge on any atom is -0.478 e. The van der Waals surface area contributed by atoms with Gasteiger partial charge < -0.3 is 15.2 Å². The molecule has 1 saturated carbocycles. The van der Waals surface area contributed by atoms with Crippen molar-refractivity contribution in [1.82, 2.24) is 15.0 Å². The van der Waals surface area contributed by atoms with Crippen LogP contribution >= 0.6 is 0 Å². The third-order valence-electron chi connectivity index (χ3n) is 3.10. The summed E-state index contributed by atoms with van der Waals surface area (Å²) in [5, 5.41) is 18.1. The molecule has 1 aliphatic rings. The first-order valence-corrected chi connectivity index (χ1v) is 5.40. The van der Waals surface area contributed by atoms with Crippen LogP contribution < -0.4 is 0 Å². The monoisotopic (exact) mass is 233 g/mol. The molecule has 1 aliphatic carbocycles. The van der Waals surface area contributed by atoms with Gasteiger partial charge in [0.25, 0.3) is 0 Å². The molecule has 3 N–H and O–H groups in total. The number of fused-ring (bicyclic) bond motifs is 1. The fourth-order valence-electron chi connectivity index (χ4n) is 2.04. The van der Waals surface area contributed by atoms with Gasteiger partial charge in [-0.1, -0.05) is 0 Å². The second kappa shape index (κ2) is 3.53. The number of hydrogen-bond acceptors (Lipinski definition) is 4. The van der Waals surface area contributed by atoms with Crippen LogP contribution in [0.5, 0.6) is 0 Å². The Labute approximate surface area is 96.3 Å². The van der Waals surface area contributed by atoms with E-state index in [9.17, 15) is 9.90 Å². The third-order valence-corrected chi connectivity index (χ3v) is 3.10. The molecule has 3 rings (SSSR count). The zero-order valence-corrected chi connectivity index (χ0v) is 8.92. The number of aromatic nitrogens is 3. The molecule has 0 atom stereocenters. The molecule has 2 aromatic rings. The molecule has 0 spiro atoms. The number of nitrogens with one attached hydrogen (secondary N) is 1. The molecular formula is C11H11N3O3. The van der Waals surface area contributed by atoms with Crippen molar-refractivity contribution in [3.8, 4) is 0 Å². The average molecular weight is 233 g/mol. The van der Waals surface area contributed by atoms with Gasteiger partial charge in [0.1, 0.15) is 5.82 Å². The van der Waals surface area contributed by atoms with Crippen molar-refractivity contribution in [2.24, 2.45) is 0 Å². The van der Waals surface area contributed by atoms with E-state index < -0.39 is 5.97 Å². The molecule has 0 bridgehead atoms. The van der Waals surface area contributed by atoms with Crippen molar-refractivity contribution in [3.05, 3.63) is 23.7 Å². The summed E-state index contributed by atoms with van der Waals surface area (Å²) in [6, 6.07) is 1.52. The largest absolute Gasteiger partial charge is 0.478 e. The van der Waals surface area contributed by atoms with Crippen LogP contribution in [0.1, 0.15) is 34.9 Å². The first-order chi connectivity index (χ1) is 8.13. The molecule has 0 saturated heterocycles. The van der Waals surface area contributed by atoms with Crippen molar-refractivity contribution in [3.63, 3.8) is 0 Å². The summed E-state index contributed by atoms with van der Waals surface area (Å²) in [6.45, 7) is 0. The van der Waals surface area contributed by atoms with Gasteiger partial charge in [0, 0.05) is 12.1 Å². The van der Waals surface area contributed by atoms with E-state index in [0.29, 0.717) is 24.0 Å². The fraction of sp³-hybridized carbons (Fsp3) is 0.364. The molecule has 6 nitrogen and oxygen atoms in total. The van der Waals surface area contributed by atoms with Crippen LogP contribution in [0.2, 0.25) is 0 Å². The maximum atomic E-state index is 10.8. The lowest BCUT2D eigenvalue weighted by molar-refractivity contribution is 0.0695. The van der Waals surface area contributed by atoms with Crippen molar-refractivity contribution in [2.75, 3.05) is 0 Å². The second-order valence-corrected chi connectivity index (χ2v) is 4.34. The molecule has 0 amide bonds. The minimum absolute atomic E-state index is 0.140. The lowest BCUT2D eigenvalue weighted by Gasteiger charge is -2.29. The highest BCUT2D eigenvalue weighted by molar-refractivity contribution is 5.90. The Kier molecular flexibility index (Phi) is 2.12. The predicted octanol–water partition coefficient (Wildman–Crippen LogP) is 0.894. The third kappa shape index (κ3) is 1.66. The van der Waals surface area contributed by atoms with Gasteiger partial charge in [-0.25, -0.2) is 14.8 Å². The molecule has 0 radical (unpaired) electrons. The normalized spacial score (nSPS) is 23.6. The van der Waals surface area contributed by atoms with E-state index in [4.69, 9.17) is 5.11 Å². The number of aliphatic hydroxyl groups is 1. The fourth-order valence-corrected chi connectivity index (χ4v) is 2.04. The van der Waals surface area contributed by atoms with E-state index in [1.165, 1.54) is 12.3 Å². The SMILES string of the molecule is O=C(O)c1cnc2nc(C3CC(O)C3)[nH]c2c1. The number of H-pyrrole nitrogens is 1. The number of aromatic amines is 1. The van der Waals surface area contributed by atoms with E-state index in [1.54, 1.807) is 0 Å². The highest BCUT2D eigenvalue weighted by Crippen LogP contribution is 2.35. The van der Waals surface area contributed by atoms with Crippen LogP contribution in [0.3, 0.4) is 0 Å². The highest BCUT2D eigenvalue weighted by Gasteiger charge is 2.31. The Morgan fingerprint density at radius 2 is 2.24 bits per heavy atom. The topological polar surface area (TPSA) is 99.1 Å². The molecule has 0 aromatic carbocycles. The number of pyridine rings is 1. The van der Waals surface area contributed by atoms with E-state index in [1.807, 2.05) is 0 Å². The summed E-state index contributed by atoms with van der Waals surface area (Å²) in [4.78, 5) is 22.1. The number of carbonyl (C=O) groups is 1. The van der Waals surface area contributed by atoms with Gasteiger partial charge in [-0.3, -0.25) is 0 Å². The summed E-state index contributed by atoms with van der Waals surface area (Å²) >= 11 is 0. The van der Waals surface area contributed by atoms with Gasteiger partial charge in [-0.05, 0) is 18.9 Å². The molecule has 17 heavy (non-hydrogen) atoms. The first kappa shape index (κ1) is 10.2. The summed E-state index contributed by atoms with van der Waals surface area (Å²) in [7, 11) is 0. The molecule has 0 aliphatic heterocycles. The summed E-state index contributed by atoms with van der Waals surface area (Å²) in [6.07, 6.45) is 2.46. The minimum atomic E-state index is -1.00. The predicted molar refractivity (Wildman–Crippen MR) is 58.8 cm³/mol. The maximum Gasteiger partial charge on any atom is 0.337 e. The van der Waals surface area contributed by atoms with Crippen molar-refractivity contribution < 1.29 is 15.0 Å². The Morgan fingerprint density at radius 1 is 1.47 bits per heavy atom. The summed E-state index contributed by atoms with van der Waals surface area (Å²) in [5.74, 6) is 0.00225. The number of nitrogens with zero attached hydrogens (tertiary/aromatic N) is 2. The number of aromatic carboxylic acids is 1. The van der Waals surface area contributed by atoms with Gasteiger partial charge >= 0.3 is 5.97 Å². The van der Waals surface area contributed by atoms with E-state index in [2.05, 4.69) is 15.0 Å². The van der Waals surface area contributed by atoms with E-state index in [0.717, 1.165) is 5.82 Å². The average Bonchev–Trinajstić information content (AvgIpc) is 2.66. The number of aliphatic hydroxyl groups excluding tert-OH is 1. The summed E-state index contributed by atoms with van der Waals surface area (Å²) < 4.78 is 0. The lowest BCUT2D eigenvalue weighted by Crippen LogP contribution is -2.27. The lowest BCUT2D eigenvalue weighted by atomic mass is 9.82. The maximum absolute atomic E-state index is 10.8. The van der Waals surface area contributed by atoms with Gasteiger partial charge in [0.2, 0.25) is 0 Å². The number of carboxylic acid groups (broad SMARTS) is 1. The van der Waals surface area contributed by atoms with Crippen LogP contribution in [0.25, 0.3) is 11.2 Å². The number of rotatable bonds is 2. The number of carboxylic acids is 1. The van der Waals surface area contributed by atoms with Gasteiger partial charge in [-0.2, -0.15) is 0 Å². The van der Waals surface area contributed by atoms with Crippen molar-refractivity contribution >= 4 is 17.1 Å². The molecule has 1 fully saturated rings. The second-order valence-electron chi connectivity index (χ2n) is 4.34. The highest BCUT2D eigenvalue weighted by atomic mass is 16.4. The molecule has 88 valence electrons. The van der Waals surface area contributed by atoms with Crippen LogP contribution in [0, 0.1) is 0 Å². The van der Waals surface area contributed by atoms with Crippen molar-refractivity contribution in [2.45, 2.75) is 24.9 Å². The van der Waals surface area contributed by atoms with Gasteiger partial charge in [-0.15, -0.1) is 0 Å². The first-order valence-electron chi connectivity index (χ1n) is 5.40. The molecule has 2 aromatic heterocycles. The van der Waals surface area contributed by atoms with E-state index >= 15 is 0 Å². The molecule has 0 unspecified atom stereocenters. The van der Waals surface area contributed by atoms with Crippen LogP contribution in [0.15, 0.2) is 12.3 Å². The number of hydrogen-bond donors (Lipinski definition) is 3. The van der Waals surface area contributed by atoms with Crippen molar-refractivity contribution in [1.29, 1.82) is 0 Å². The van der Waals surface area contributed by atoms with Crippen LogP contribution in [0.4, 0.5) is 0 Å². The smallest absolute Gasteiger partial charge is 0.337 e. The Balaban J connectivity index is 1.98. The quantitative estimate of drug-likeness (QED) is 0.715. The Morgan fingerprint density at radius 3 is 2.88 bits per heavy atom.